The molecule has 3 aromatic rings. The molecule has 1 aromatic heterocycles. The molecule has 1 N–H and O–H groups in total. The maximum atomic E-state index is 12.7. The number of hydrogen-bond donors (Lipinski definition) is 1. The number of carbonyl (C=O) groups excluding carboxylic acids is 2. The van der Waals surface area contributed by atoms with E-state index in [1.807, 2.05) is 49.5 Å². The van der Waals surface area contributed by atoms with Gasteiger partial charge in [0.15, 0.2) is 0 Å². The maximum Gasteiger partial charge on any atom is 0.271 e. The topological polar surface area (TPSA) is 65.5 Å². The van der Waals surface area contributed by atoms with Crippen LogP contribution in [-0.4, -0.2) is 42.8 Å². The summed E-state index contributed by atoms with van der Waals surface area (Å²) in [6.07, 6.45) is 0. The Hall–Kier alpha value is -3.67. The van der Waals surface area contributed by atoms with Gasteiger partial charge in [-0.1, -0.05) is 30.3 Å². The van der Waals surface area contributed by atoms with Gasteiger partial charge < -0.3 is 15.1 Å². The van der Waals surface area contributed by atoms with Crippen molar-refractivity contribution in [2.24, 2.45) is 0 Å². The van der Waals surface area contributed by atoms with E-state index in [0.29, 0.717) is 22.6 Å². The van der Waals surface area contributed by atoms with Crippen LogP contribution in [0.4, 0.5) is 11.4 Å². The predicted octanol–water partition coefficient (Wildman–Crippen LogP) is 3.98. The van der Waals surface area contributed by atoms with Crippen LogP contribution in [-0.2, 0) is 6.54 Å². The van der Waals surface area contributed by atoms with Crippen LogP contribution in [0, 0.1) is 6.92 Å². The first kappa shape index (κ1) is 21.0. The Balaban J connectivity index is 1.66. The van der Waals surface area contributed by atoms with Crippen molar-refractivity contribution < 1.29 is 9.59 Å². The van der Waals surface area contributed by atoms with E-state index in [9.17, 15) is 9.59 Å². The van der Waals surface area contributed by atoms with Gasteiger partial charge in [-0.05, 0) is 48.9 Å². The lowest BCUT2D eigenvalue weighted by molar-refractivity contribution is 0.0821. The number of nitrogens with zero attached hydrogens (tertiary/aromatic N) is 3. The van der Waals surface area contributed by atoms with E-state index in [2.05, 4.69) is 27.3 Å². The molecule has 154 valence electrons. The molecule has 30 heavy (non-hydrogen) atoms. The van der Waals surface area contributed by atoms with Crippen LogP contribution in [0.5, 0.6) is 0 Å². The predicted molar refractivity (Wildman–Crippen MR) is 120 cm³/mol. The molecule has 0 saturated carbocycles. The number of amides is 2. The lowest BCUT2D eigenvalue weighted by Crippen LogP contribution is -2.23. The molecule has 1 heterocycles. The Kier molecular flexibility index (Phi) is 6.47. The Morgan fingerprint density at radius 2 is 1.57 bits per heavy atom. The average molecular weight is 402 g/mol. The van der Waals surface area contributed by atoms with Crippen molar-refractivity contribution in [3.8, 4) is 0 Å². The summed E-state index contributed by atoms with van der Waals surface area (Å²) in [6.45, 7) is 2.53. The monoisotopic (exact) mass is 402 g/mol. The molecule has 0 atom stereocenters. The van der Waals surface area contributed by atoms with Gasteiger partial charge in [0, 0.05) is 39.1 Å². The van der Waals surface area contributed by atoms with E-state index in [1.54, 1.807) is 33.2 Å². The summed E-state index contributed by atoms with van der Waals surface area (Å²) in [5.41, 5.74) is 4.26. The Morgan fingerprint density at radius 3 is 2.17 bits per heavy atom. The van der Waals surface area contributed by atoms with Gasteiger partial charge >= 0.3 is 0 Å². The summed E-state index contributed by atoms with van der Waals surface area (Å²) < 4.78 is 0. The smallest absolute Gasteiger partial charge is 0.271 e. The summed E-state index contributed by atoms with van der Waals surface area (Å²) in [5, 5.41) is 2.89. The van der Waals surface area contributed by atoms with Crippen LogP contribution in [0.3, 0.4) is 0 Å². The summed E-state index contributed by atoms with van der Waals surface area (Å²) in [5.74, 6) is -0.450. The fourth-order valence-corrected chi connectivity index (χ4v) is 3.10. The van der Waals surface area contributed by atoms with E-state index in [-0.39, 0.29) is 11.8 Å². The number of nitrogens with one attached hydrogen (secondary N) is 1. The molecule has 0 bridgehead atoms. The molecule has 0 aliphatic heterocycles. The average Bonchev–Trinajstić information content (AvgIpc) is 2.74. The second-order valence-corrected chi connectivity index (χ2v) is 7.37. The van der Waals surface area contributed by atoms with Crippen LogP contribution >= 0.6 is 0 Å². The number of carbonyl (C=O) groups is 2. The highest BCUT2D eigenvalue weighted by Crippen LogP contribution is 2.20. The van der Waals surface area contributed by atoms with Crippen LogP contribution in [0.1, 0.15) is 32.1 Å². The normalized spacial score (nSPS) is 10.4. The van der Waals surface area contributed by atoms with Gasteiger partial charge in [0.1, 0.15) is 5.69 Å². The van der Waals surface area contributed by atoms with Gasteiger partial charge in [0.25, 0.3) is 11.8 Å². The van der Waals surface area contributed by atoms with E-state index >= 15 is 0 Å². The Morgan fingerprint density at radius 1 is 0.900 bits per heavy atom. The lowest BCUT2D eigenvalue weighted by atomic mass is 10.1. The van der Waals surface area contributed by atoms with E-state index in [4.69, 9.17) is 0 Å². The van der Waals surface area contributed by atoms with Crippen molar-refractivity contribution in [3.63, 3.8) is 0 Å². The van der Waals surface area contributed by atoms with Crippen LogP contribution < -0.4 is 10.2 Å². The SMILES string of the molecule is Cc1nc(C(=O)N(C)C)ccc1C(=O)Nc1ccc(N(C)Cc2ccccc2)cc1. The standard InChI is InChI=1S/C24H26N4O2/c1-17-21(14-15-22(25-17)24(30)27(2)3)23(29)26-19-10-12-20(13-11-19)28(4)16-18-8-6-5-7-9-18/h5-15H,16H2,1-4H3,(H,26,29). The molecule has 0 aliphatic rings. The number of benzene rings is 2. The van der Waals surface area contributed by atoms with E-state index in [0.717, 1.165) is 12.2 Å². The summed E-state index contributed by atoms with van der Waals surface area (Å²) in [4.78, 5) is 32.6. The van der Waals surface area contributed by atoms with Crippen molar-refractivity contribution in [3.05, 3.63) is 89.2 Å². The summed E-state index contributed by atoms with van der Waals surface area (Å²) in [7, 11) is 5.37. The molecule has 6 heteroatoms. The zero-order valence-electron chi connectivity index (χ0n) is 17.7. The number of rotatable bonds is 6. The van der Waals surface area contributed by atoms with Crippen molar-refractivity contribution in [2.45, 2.75) is 13.5 Å². The first-order valence-corrected chi connectivity index (χ1v) is 9.71. The highest BCUT2D eigenvalue weighted by atomic mass is 16.2. The van der Waals surface area contributed by atoms with Crippen molar-refractivity contribution in [2.75, 3.05) is 31.4 Å². The fraction of sp³-hybridized carbons (Fsp3) is 0.208. The van der Waals surface area contributed by atoms with Gasteiger partial charge in [-0.15, -0.1) is 0 Å². The van der Waals surface area contributed by atoms with Gasteiger partial charge in [0.2, 0.25) is 0 Å². The van der Waals surface area contributed by atoms with Crippen LogP contribution in [0.2, 0.25) is 0 Å². The second kappa shape index (κ2) is 9.22. The quantitative estimate of drug-likeness (QED) is 0.677. The number of anilines is 2. The Bertz CT molecular complexity index is 1030. The molecule has 2 aromatic carbocycles. The van der Waals surface area contributed by atoms with Crippen molar-refractivity contribution in [1.29, 1.82) is 0 Å². The maximum absolute atomic E-state index is 12.7. The van der Waals surface area contributed by atoms with Gasteiger partial charge in [-0.25, -0.2) is 4.98 Å². The number of aromatic nitrogens is 1. The molecule has 0 saturated heterocycles. The minimum absolute atomic E-state index is 0.194. The Labute approximate surface area is 177 Å². The number of hydrogen-bond acceptors (Lipinski definition) is 4. The third-order valence-corrected chi connectivity index (χ3v) is 4.78. The molecule has 0 aliphatic carbocycles. The minimum Gasteiger partial charge on any atom is -0.370 e. The first-order chi connectivity index (χ1) is 14.3. The molecule has 3 rings (SSSR count). The highest BCUT2D eigenvalue weighted by molar-refractivity contribution is 6.05. The highest BCUT2D eigenvalue weighted by Gasteiger charge is 2.15. The van der Waals surface area contributed by atoms with Gasteiger partial charge in [-0.2, -0.15) is 0 Å². The van der Waals surface area contributed by atoms with Crippen LogP contribution in [0.15, 0.2) is 66.7 Å². The molecule has 2 amide bonds. The largest absolute Gasteiger partial charge is 0.370 e. The number of pyridine rings is 1. The molecular weight excluding hydrogens is 376 g/mol. The van der Waals surface area contributed by atoms with Crippen LogP contribution in [0.25, 0.3) is 0 Å². The van der Waals surface area contributed by atoms with Crippen molar-refractivity contribution in [1.82, 2.24) is 9.88 Å². The van der Waals surface area contributed by atoms with Gasteiger partial charge in [-0.3, -0.25) is 9.59 Å². The third-order valence-electron chi connectivity index (χ3n) is 4.78. The molecule has 6 nitrogen and oxygen atoms in total. The summed E-state index contributed by atoms with van der Waals surface area (Å²) in [6, 6.07) is 21.2. The van der Waals surface area contributed by atoms with E-state index < -0.39 is 0 Å². The molecule has 0 spiro atoms. The first-order valence-electron chi connectivity index (χ1n) is 9.71. The van der Waals surface area contributed by atoms with Gasteiger partial charge in [0.05, 0.1) is 11.3 Å². The summed E-state index contributed by atoms with van der Waals surface area (Å²) >= 11 is 0. The third kappa shape index (κ3) is 5.03. The zero-order valence-corrected chi connectivity index (χ0v) is 17.7. The molecule has 0 unspecified atom stereocenters. The molecule has 0 radical (unpaired) electrons. The van der Waals surface area contributed by atoms with Crippen molar-refractivity contribution >= 4 is 23.2 Å². The molecular formula is C24H26N4O2. The second-order valence-electron chi connectivity index (χ2n) is 7.37. The minimum atomic E-state index is -0.255. The fourth-order valence-electron chi connectivity index (χ4n) is 3.10. The molecule has 0 fully saturated rings. The lowest BCUT2D eigenvalue weighted by Gasteiger charge is -2.20. The van der Waals surface area contributed by atoms with E-state index in [1.165, 1.54) is 10.5 Å². The zero-order chi connectivity index (χ0) is 21.7. The number of aryl methyl sites for hydroxylation is 1.